The minimum Gasteiger partial charge on any atom is -0.466 e. The summed E-state index contributed by atoms with van der Waals surface area (Å²) in [5, 5.41) is 0. The largest absolute Gasteiger partial charge is 0.466 e. The first-order valence-corrected chi connectivity index (χ1v) is 11.6. The molecule has 3 aliphatic carbocycles. The van der Waals surface area contributed by atoms with E-state index in [9.17, 15) is 19.2 Å². The Hall–Kier alpha value is -1.98. The summed E-state index contributed by atoms with van der Waals surface area (Å²) in [6.07, 6.45) is 7.08. The number of hydrogen-bond acceptors (Lipinski definition) is 6. The van der Waals surface area contributed by atoms with E-state index in [1.807, 2.05) is 6.08 Å². The van der Waals surface area contributed by atoms with Gasteiger partial charge in [-0.1, -0.05) is 19.9 Å². The van der Waals surface area contributed by atoms with Gasteiger partial charge >= 0.3 is 11.9 Å². The third-order valence-corrected chi connectivity index (χ3v) is 8.29. The molecule has 2 unspecified atom stereocenters. The maximum Gasteiger partial charge on any atom is 0.302 e. The normalized spacial score (nSPS) is 37.6. The van der Waals surface area contributed by atoms with Gasteiger partial charge in [0.15, 0.2) is 5.78 Å². The van der Waals surface area contributed by atoms with Gasteiger partial charge in [0.1, 0.15) is 11.9 Å². The minimum absolute atomic E-state index is 0.0297. The molecule has 0 aromatic heterocycles. The van der Waals surface area contributed by atoms with E-state index < -0.39 is 10.8 Å². The predicted octanol–water partition coefficient (Wildman–Crippen LogP) is 4.20. The zero-order valence-electron chi connectivity index (χ0n) is 19.5. The van der Waals surface area contributed by atoms with Crippen molar-refractivity contribution in [3.63, 3.8) is 0 Å². The van der Waals surface area contributed by atoms with E-state index in [2.05, 4.69) is 13.8 Å². The number of ketones is 2. The summed E-state index contributed by atoms with van der Waals surface area (Å²) in [6.45, 7) is 8.79. The average Bonchev–Trinajstić information content (AvgIpc) is 3.00. The molecule has 0 amide bonds. The van der Waals surface area contributed by atoms with Crippen molar-refractivity contribution in [2.75, 3.05) is 6.61 Å². The molecule has 31 heavy (non-hydrogen) atoms. The zero-order valence-corrected chi connectivity index (χ0v) is 19.5. The number of carbonyl (C=O) groups excluding carboxylic acids is 4. The van der Waals surface area contributed by atoms with Crippen LogP contribution in [0.25, 0.3) is 0 Å². The van der Waals surface area contributed by atoms with Crippen LogP contribution in [0.15, 0.2) is 11.6 Å². The third kappa shape index (κ3) is 4.49. The van der Waals surface area contributed by atoms with Crippen LogP contribution in [0.3, 0.4) is 0 Å². The number of Topliss-reactive ketones (excluding diaryl/α,β-unsaturated/α-hetero) is 2. The number of hydrogen-bond donors (Lipinski definition) is 0. The summed E-state index contributed by atoms with van der Waals surface area (Å²) in [5.41, 5.74) is -0.113. The third-order valence-electron chi connectivity index (χ3n) is 8.29. The van der Waals surface area contributed by atoms with Gasteiger partial charge in [-0.2, -0.15) is 0 Å². The highest BCUT2D eigenvalue weighted by Crippen LogP contribution is 2.57. The lowest BCUT2D eigenvalue weighted by Gasteiger charge is -2.51. The lowest BCUT2D eigenvalue weighted by Crippen LogP contribution is -2.52. The quantitative estimate of drug-likeness (QED) is 0.585. The Balaban J connectivity index is 1.79. The van der Waals surface area contributed by atoms with Crippen molar-refractivity contribution in [2.24, 2.45) is 28.6 Å². The first-order valence-electron chi connectivity index (χ1n) is 11.6. The Bertz CT molecular complexity index is 798. The lowest BCUT2D eigenvalue weighted by atomic mass is 9.52. The van der Waals surface area contributed by atoms with E-state index in [1.165, 1.54) is 13.8 Å². The molecule has 3 rings (SSSR count). The van der Waals surface area contributed by atoms with Crippen molar-refractivity contribution >= 4 is 23.5 Å². The molecule has 0 radical (unpaired) electrons. The second-order valence-corrected chi connectivity index (χ2v) is 10.2. The van der Waals surface area contributed by atoms with Crippen LogP contribution in [0.5, 0.6) is 0 Å². The Morgan fingerprint density at radius 2 is 1.77 bits per heavy atom. The van der Waals surface area contributed by atoms with E-state index in [4.69, 9.17) is 9.47 Å². The highest BCUT2D eigenvalue weighted by molar-refractivity contribution is 5.96. The highest BCUT2D eigenvalue weighted by Gasteiger charge is 2.56. The average molecular weight is 433 g/mol. The molecule has 6 heteroatoms. The topological polar surface area (TPSA) is 86.7 Å². The van der Waals surface area contributed by atoms with Crippen LogP contribution in [0, 0.1) is 28.6 Å². The van der Waals surface area contributed by atoms with Gasteiger partial charge in [-0.15, -0.1) is 0 Å². The predicted molar refractivity (Wildman–Crippen MR) is 115 cm³/mol. The second-order valence-electron chi connectivity index (χ2n) is 10.2. The summed E-state index contributed by atoms with van der Waals surface area (Å²) in [7, 11) is 0. The fourth-order valence-electron chi connectivity index (χ4n) is 6.60. The first-order chi connectivity index (χ1) is 14.5. The molecular weight excluding hydrogens is 396 g/mol. The monoisotopic (exact) mass is 432 g/mol. The van der Waals surface area contributed by atoms with E-state index in [1.54, 1.807) is 6.92 Å². The molecular formula is C25H36O6. The molecule has 6 nitrogen and oxygen atoms in total. The zero-order chi connectivity index (χ0) is 23.0. The molecule has 0 heterocycles. The highest BCUT2D eigenvalue weighted by atomic mass is 16.5. The maximum atomic E-state index is 13.8. The van der Waals surface area contributed by atoms with Crippen LogP contribution in [-0.2, 0) is 28.7 Å². The van der Waals surface area contributed by atoms with Crippen LogP contribution in [0.4, 0.5) is 0 Å². The number of rotatable bonds is 6. The molecule has 0 bridgehead atoms. The number of carbonyl (C=O) groups is 4. The number of esters is 2. The molecule has 0 aromatic rings. The molecule has 2 fully saturated rings. The van der Waals surface area contributed by atoms with Gasteiger partial charge in [0, 0.05) is 30.6 Å². The summed E-state index contributed by atoms with van der Waals surface area (Å²) in [4.78, 5) is 48.9. The molecule has 2 saturated carbocycles. The summed E-state index contributed by atoms with van der Waals surface area (Å²) < 4.78 is 10.7. The van der Waals surface area contributed by atoms with E-state index in [-0.39, 0.29) is 48.2 Å². The standard InChI is InChI=1S/C25H36O6/c1-15(26)21-8-9-22(25(21,5)12-13-30-16(2)27)20-7-6-18-14-19(31-17(3)28)10-11-24(18,4)23(20)29/h8,18-20,22H,6-7,9-14H2,1-5H3/t18-,19-,20?,22?,24-,25+/m0/s1. The van der Waals surface area contributed by atoms with Gasteiger partial charge in [-0.05, 0) is 69.3 Å². The van der Waals surface area contributed by atoms with Gasteiger partial charge in [0.2, 0.25) is 0 Å². The van der Waals surface area contributed by atoms with E-state index >= 15 is 0 Å². The fraction of sp³-hybridized carbons (Fsp3) is 0.760. The number of allylic oxidation sites excluding steroid dienone is 2. The van der Waals surface area contributed by atoms with Gasteiger partial charge in [0.25, 0.3) is 0 Å². The molecule has 3 aliphatic rings. The number of ether oxygens (including phenoxy) is 2. The SMILES string of the molecule is CC(=O)OCC[C@]1(C)C(C(C)=O)=CCC1C1CC[C@H]2C[C@@H](OC(C)=O)CC[C@]2(C)C1=O. The van der Waals surface area contributed by atoms with Crippen LogP contribution < -0.4 is 0 Å². The van der Waals surface area contributed by atoms with Crippen molar-refractivity contribution in [3.05, 3.63) is 11.6 Å². The maximum absolute atomic E-state index is 13.8. The van der Waals surface area contributed by atoms with Gasteiger partial charge in [-0.25, -0.2) is 0 Å². The molecule has 0 N–H and O–H groups in total. The smallest absolute Gasteiger partial charge is 0.302 e. The molecule has 6 atom stereocenters. The number of fused-ring (bicyclic) bond motifs is 1. The first kappa shape index (κ1) is 23.7. The second kappa shape index (κ2) is 8.87. The van der Waals surface area contributed by atoms with Gasteiger partial charge in [0.05, 0.1) is 6.61 Å². The van der Waals surface area contributed by atoms with Crippen molar-refractivity contribution in [1.29, 1.82) is 0 Å². The summed E-state index contributed by atoms with van der Waals surface area (Å²) in [6, 6.07) is 0. The van der Waals surface area contributed by atoms with Crippen LogP contribution >= 0.6 is 0 Å². The Morgan fingerprint density at radius 3 is 2.39 bits per heavy atom. The van der Waals surface area contributed by atoms with Crippen LogP contribution in [0.2, 0.25) is 0 Å². The molecule has 0 saturated heterocycles. The minimum atomic E-state index is -0.472. The molecule has 0 spiro atoms. The lowest BCUT2D eigenvalue weighted by molar-refractivity contribution is -0.158. The van der Waals surface area contributed by atoms with Crippen molar-refractivity contribution in [3.8, 4) is 0 Å². The Morgan fingerprint density at radius 1 is 1.06 bits per heavy atom. The van der Waals surface area contributed by atoms with Crippen molar-refractivity contribution in [1.82, 2.24) is 0 Å². The van der Waals surface area contributed by atoms with E-state index in [0.717, 1.165) is 37.7 Å². The summed E-state index contributed by atoms with van der Waals surface area (Å²) in [5.74, 6) is -0.108. The Labute approximate surface area is 185 Å². The van der Waals surface area contributed by atoms with E-state index in [0.29, 0.717) is 18.6 Å². The summed E-state index contributed by atoms with van der Waals surface area (Å²) >= 11 is 0. The molecule has 0 aromatic carbocycles. The van der Waals surface area contributed by atoms with Gasteiger partial charge in [-0.3, -0.25) is 19.2 Å². The molecule has 0 aliphatic heterocycles. The fourth-order valence-corrected chi connectivity index (χ4v) is 6.60. The van der Waals surface area contributed by atoms with Crippen LogP contribution in [0.1, 0.15) is 79.6 Å². The van der Waals surface area contributed by atoms with Crippen molar-refractivity contribution < 1.29 is 28.7 Å². The Kier molecular flexibility index (Phi) is 6.78. The van der Waals surface area contributed by atoms with Gasteiger partial charge < -0.3 is 9.47 Å². The van der Waals surface area contributed by atoms with Crippen LogP contribution in [-0.4, -0.2) is 36.2 Å². The molecule has 172 valence electrons. The van der Waals surface area contributed by atoms with Crippen molar-refractivity contribution in [2.45, 2.75) is 85.7 Å².